The number of likely N-dealkylation sites (tertiary alicyclic amines) is 1. The lowest BCUT2D eigenvalue weighted by atomic mass is 10.1. The van der Waals surface area contributed by atoms with Crippen molar-refractivity contribution in [2.75, 3.05) is 30.3 Å². The summed E-state index contributed by atoms with van der Waals surface area (Å²) in [4.78, 5) is 13.6. The van der Waals surface area contributed by atoms with E-state index in [0.717, 1.165) is 36.3 Å². The first-order valence-electron chi connectivity index (χ1n) is 9.79. The van der Waals surface area contributed by atoms with Crippen molar-refractivity contribution in [2.45, 2.75) is 38.8 Å². The molecule has 6 heteroatoms. The van der Waals surface area contributed by atoms with Gasteiger partial charge in [0.15, 0.2) is 0 Å². The lowest BCUT2D eigenvalue weighted by molar-refractivity contribution is -0.384. The molecule has 0 unspecified atom stereocenters. The Balaban J connectivity index is 1.43. The molecule has 142 valence electrons. The number of hydrogen-bond donors (Lipinski definition) is 2. The Labute approximate surface area is 159 Å². The highest BCUT2D eigenvalue weighted by molar-refractivity contribution is 5.77. The summed E-state index contributed by atoms with van der Waals surface area (Å²) in [6.07, 6.45) is 4.77. The van der Waals surface area contributed by atoms with Gasteiger partial charge >= 0.3 is 0 Å². The maximum Gasteiger partial charge on any atom is 0.292 e. The van der Waals surface area contributed by atoms with Gasteiger partial charge in [-0.05, 0) is 49.5 Å². The minimum Gasteiger partial charge on any atom is -0.384 e. The van der Waals surface area contributed by atoms with Crippen LogP contribution in [-0.2, 0) is 19.5 Å². The second-order valence-corrected chi connectivity index (χ2v) is 7.43. The van der Waals surface area contributed by atoms with Crippen LogP contribution < -0.4 is 10.6 Å². The SMILES string of the molecule is O=[N+]([O-])c1ccc2c(c1NCc1ccc(CN3CCCCC3)cc1)CCN2. The fourth-order valence-corrected chi connectivity index (χ4v) is 4.06. The Kier molecular flexibility index (Phi) is 5.25. The summed E-state index contributed by atoms with van der Waals surface area (Å²) >= 11 is 0. The van der Waals surface area contributed by atoms with Gasteiger partial charge in [0.1, 0.15) is 5.69 Å². The van der Waals surface area contributed by atoms with E-state index >= 15 is 0 Å². The lowest BCUT2D eigenvalue weighted by Gasteiger charge is -2.26. The third kappa shape index (κ3) is 4.06. The number of fused-ring (bicyclic) bond motifs is 1. The summed E-state index contributed by atoms with van der Waals surface area (Å²) in [6, 6.07) is 12.0. The van der Waals surface area contributed by atoms with Crippen molar-refractivity contribution in [3.8, 4) is 0 Å². The molecule has 0 bridgehead atoms. The van der Waals surface area contributed by atoms with E-state index in [1.54, 1.807) is 12.1 Å². The van der Waals surface area contributed by atoms with Gasteiger partial charge in [-0.15, -0.1) is 0 Å². The molecule has 2 aromatic carbocycles. The fourth-order valence-electron chi connectivity index (χ4n) is 4.06. The number of nitro groups is 1. The molecule has 2 aliphatic rings. The highest BCUT2D eigenvalue weighted by atomic mass is 16.6. The Morgan fingerprint density at radius 3 is 2.52 bits per heavy atom. The zero-order valence-electron chi connectivity index (χ0n) is 15.5. The van der Waals surface area contributed by atoms with Gasteiger partial charge in [0.25, 0.3) is 5.69 Å². The summed E-state index contributed by atoms with van der Waals surface area (Å²) in [5, 5.41) is 18.0. The minimum absolute atomic E-state index is 0.152. The van der Waals surface area contributed by atoms with Crippen LogP contribution in [0.4, 0.5) is 17.1 Å². The fraction of sp³-hybridized carbons (Fsp3) is 0.429. The largest absolute Gasteiger partial charge is 0.384 e. The number of nitrogens with zero attached hydrogens (tertiary/aromatic N) is 2. The second-order valence-electron chi connectivity index (χ2n) is 7.43. The molecule has 1 saturated heterocycles. The quantitative estimate of drug-likeness (QED) is 0.593. The van der Waals surface area contributed by atoms with Gasteiger partial charge in [-0.25, -0.2) is 0 Å². The maximum absolute atomic E-state index is 11.4. The molecule has 0 saturated carbocycles. The van der Waals surface area contributed by atoms with Gasteiger partial charge in [0.2, 0.25) is 0 Å². The van der Waals surface area contributed by atoms with Crippen LogP contribution in [0.5, 0.6) is 0 Å². The third-order valence-electron chi connectivity index (χ3n) is 5.53. The van der Waals surface area contributed by atoms with Gasteiger partial charge in [0.05, 0.1) is 4.92 Å². The van der Waals surface area contributed by atoms with Crippen molar-refractivity contribution in [3.63, 3.8) is 0 Å². The highest BCUT2D eigenvalue weighted by Gasteiger charge is 2.23. The zero-order valence-corrected chi connectivity index (χ0v) is 15.5. The molecular formula is C21H26N4O2. The topological polar surface area (TPSA) is 70.4 Å². The molecule has 2 aromatic rings. The molecule has 0 aromatic heterocycles. The van der Waals surface area contributed by atoms with Crippen LogP contribution >= 0.6 is 0 Å². The van der Waals surface area contributed by atoms with Crippen LogP contribution in [0.1, 0.15) is 36.0 Å². The Morgan fingerprint density at radius 1 is 1.04 bits per heavy atom. The average molecular weight is 366 g/mol. The smallest absolute Gasteiger partial charge is 0.292 e. The standard InChI is InChI=1S/C21H26N4O2/c26-25(27)20-9-8-19-18(10-11-22-19)21(20)23-14-16-4-6-17(7-5-16)15-24-12-2-1-3-13-24/h4-9,22-23H,1-3,10-15H2. The number of nitro benzene ring substituents is 1. The predicted molar refractivity (Wildman–Crippen MR) is 108 cm³/mol. The normalized spacial score (nSPS) is 16.6. The number of rotatable bonds is 6. The van der Waals surface area contributed by atoms with E-state index in [4.69, 9.17) is 0 Å². The van der Waals surface area contributed by atoms with Crippen molar-refractivity contribution in [3.05, 3.63) is 63.2 Å². The molecule has 2 N–H and O–H groups in total. The van der Waals surface area contributed by atoms with E-state index in [1.165, 1.54) is 37.9 Å². The predicted octanol–water partition coefficient (Wildman–Crippen LogP) is 4.16. The Morgan fingerprint density at radius 2 is 1.78 bits per heavy atom. The molecular weight excluding hydrogens is 340 g/mol. The van der Waals surface area contributed by atoms with Crippen molar-refractivity contribution in [1.82, 2.24) is 4.90 Å². The van der Waals surface area contributed by atoms with Gasteiger partial charge in [-0.2, -0.15) is 0 Å². The van der Waals surface area contributed by atoms with E-state index in [2.05, 4.69) is 39.8 Å². The van der Waals surface area contributed by atoms with Gasteiger partial charge in [-0.1, -0.05) is 30.7 Å². The van der Waals surface area contributed by atoms with Gasteiger partial charge < -0.3 is 10.6 Å². The summed E-state index contributed by atoms with van der Waals surface area (Å²) in [7, 11) is 0. The van der Waals surface area contributed by atoms with E-state index < -0.39 is 0 Å². The summed E-state index contributed by atoms with van der Waals surface area (Å²) in [6.45, 7) is 4.81. The molecule has 1 fully saturated rings. The highest BCUT2D eigenvalue weighted by Crippen LogP contribution is 2.37. The Hall–Kier alpha value is -2.60. The van der Waals surface area contributed by atoms with Crippen LogP contribution in [-0.4, -0.2) is 29.5 Å². The molecule has 0 aliphatic carbocycles. The zero-order chi connectivity index (χ0) is 18.6. The summed E-state index contributed by atoms with van der Waals surface area (Å²) < 4.78 is 0. The van der Waals surface area contributed by atoms with Crippen LogP contribution in [0.3, 0.4) is 0 Å². The third-order valence-corrected chi connectivity index (χ3v) is 5.53. The molecule has 2 aliphatic heterocycles. The van der Waals surface area contributed by atoms with Crippen LogP contribution in [0.15, 0.2) is 36.4 Å². The van der Waals surface area contributed by atoms with Crippen LogP contribution in [0.25, 0.3) is 0 Å². The monoisotopic (exact) mass is 366 g/mol. The van der Waals surface area contributed by atoms with Crippen molar-refractivity contribution >= 4 is 17.1 Å². The molecule has 0 radical (unpaired) electrons. The lowest BCUT2D eigenvalue weighted by Crippen LogP contribution is -2.29. The van der Waals surface area contributed by atoms with Crippen molar-refractivity contribution < 1.29 is 4.92 Å². The number of benzene rings is 2. The average Bonchev–Trinajstić information content (AvgIpc) is 3.17. The first-order valence-corrected chi connectivity index (χ1v) is 9.79. The summed E-state index contributed by atoms with van der Waals surface area (Å²) in [5.74, 6) is 0. The van der Waals surface area contributed by atoms with E-state index in [1.807, 2.05) is 0 Å². The maximum atomic E-state index is 11.4. The number of piperidine rings is 1. The second kappa shape index (κ2) is 7.96. The molecule has 27 heavy (non-hydrogen) atoms. The van der Waals surface area contributed by atoms with Crippen molar-refractivity contribution in [1.29, 1.82) is 0 Å². The first kappa shape index (κ1) is 17.8. The summed E-state index contributed by atoms with van der Waals surface area (Å²) in [5.41, 5.74) is 5.29. The van der Waals surface area contributed by atoms with E-state index in [0.29, 0.717) is 12.2 Å². The van der Waals surface area contributed by atoms with Crippen molar-refractivity contribution in [2.24, 2.45) is 0 Å². The molecule has 2 heterocycles. The van der Waals surface area contributed by atoms with E-state index in [-0.39, 0.29) is 10.6 Å². The first-order chi connectivity index (χ1) is 13.2. The van der Waals surface area contributed by atoms with Gasteiger partial charge in [-0.3, -0.25) is 15.0 Å². The van der Waals surface area contributed by atoms with Gasteiger partial charge in [0, 0.05) is 37.0 Å². The molecule has 0 spiro atoms. The molecule has 4 rings (SSSR count). The number of hydrogen-bond acceptors (Lipinski definition) is 5. The molecule has 0 amide bonds. The van der Waals surface area contributed by atoms with Crippen LogP contribution in [0.2, 0.25) is 0 Å². The number of nitrogens with one attached hydrogen (secondary N) is 2. The van der Waals surface area contributed by atoms with Crippen LogP contribution in [0, 0.1) is 10.1 Å². The Bertz CT molecular complexity index is 814. The number of anilines is 2. The molecule has 6 nitrogen and oxygen atoms in total. The molecule has 0 atom stereocenters. The van der Waals surface area contributed by atoms with E-state index in [9.17, 15) is 10.1 Å². The minimum atomic E-state index is -0.303.